The highest BCUT2D eigenvalue weighted by molar-refractivity contribution is 14.1. The molecule has 0 bridgehead atoms. The third-order valence-electron chi connectivity index (χ3n) is 1.36. The number of alkyl halides is 2. The minimum atomic E-state index is -2.81. The minimum absolute atomic E-state index is 0.239. The topological polar surface area (TPSA) is 50.2 Å². The molecule has 0 fully saturated rings. The fourth-order valence-corrected chi connectivity index (χ4v) is 1.39. The average Bonchev–Trinajstić information content (AvgIpc) is 2.08. The van der Waals surface area contributed by atoms with Gasteiger partial charge in [0.1, 0.15) is 9.39 Å². The van der Waals surface area contributed by atoms with E-state index in [9.17, 15) is 13.6 Å². The second-order valence-corrected chi connectivity index (χ2v) is 3.29. The van der Waals surface area contributed by atoms with Gasteiger partial charge in [0.15, 0.2) is 12.0 Å². The number of rotatable bonds is 2. The van der Waals surface area contributed by atoms with Gasteiger partial charge in [-0.3, -0.25) is 4.79 Å². The van der Waals surface area contributed by atoms with Gasteiger partial charge in [-0.1, -0.05) is 0 Å². The number of aromatic nitrogens is 1. The van der Waals surface area contributed by atoms with E-state index in [1.54, 1.807) is 22.6 Å². The van der Waals surface area contributed by atoms with E-state index in [0.29, 0.717) is 0 Å². The van der Waals surface area contributed by atoms with Crippen LogP contribution in [0, 0.1) is 3.70 Å². The summed E-state index contributed by atoms with van der Waals surface area (Å²) < 4.78 is 24.7. The molecule has 1 N–H and O–H groups in total. The Bertz CT molecular complexity index is 344. The first kappa shape index (κ1) is 10.3. The van der Waals surface area contributed by atoms with Gasteiger partial charge >= 0.3 is 0 Å². The van der Waals surface area contributed by atoms with Crippen LogP contribution in [0.15, 0.2) is 6.07 Å². The molecule has 1 rings (SSSR count). The Morgan fingerprint density at radius 2 is 2.23 bits per heavy atom. The second kappa shape index (κ2) is 3.95. The predicted octanol–water partition coefficient (Wildman–Crippen LogP) is 2.14. The van der Waals surface area contributed by atoms with Crippen molar-refractivity contribution in [3.8, 4) is 5.75 Å². The average molecular weight is 299 g/mol. The van der Waals surface area contributed by atoms with Crippen molar-refractivity contribution in [1.29, 1.82) is 0 Å². The Balaban J connectivity index is 3.35. The highest BCUT2D eigenvalue weighted by atomic mass is 127. The normalized spacial score (nSPS) is 10.5. The maximum atomic E-state index is 12.2. The van der Waals surface area contributed by atoms with Crippen LogP contribution in [-0.4, -0.2) is 16.4 Å². The summed E-state index contributed by atoms with van der Waals surface area (Å²) in [5.74, 6) is -0.745. The molecular weight excluding hydrogens is 295 g/mol. The summed E-state index contributed by atoms with van der Waals surface area (Å²) in [6.07, 6.45) is -2.57. The summed E-state index contributed by atoms with van der Waals surface area (Å²) in [4.78, 5) is 13.9. The zero-order valence-electron chi connectivity index (χ0n) is 6.17. The fraction of sp³-hybridized carbons (Fsp3) is 0.143. The van der Waals surface area contributed by atoms with Crippen molar-refractivity contribution < 1.29 is 18.7 Å². The Morgan fingerprint density at radius 1 is 1.62 bits per heavy atom. The molecule has 0 saturated carbocycles. The quantitative estimate of drug-likeness (QED) is 0.517. The highest BCUT2D eigenvalue weighted by Crippen LogP contribution is 2.30. The molecule has 1 aromatic rings. The molecule has 6 heteroatoms. The van der Waals surface area contributed by atoms with E-state index in [-0.39, 0.29) is 15.7 Å². The number of halogens is 3. The molecule has 0 radical (unpaired) electrons. The molecule has 0 aliphatic carbocycles. The number of carbonyl (C=O) groups is 1. The lowest BCUT2D eigenvalue weighted by molar-refractivity contribution is 0.111. The summed E-state index contributed by atoms with van der Waals surface area (Å²) in [6.45, 7) is 0. The van der Waals surface area contributed by atoms with Crippen molar-refractivity contribution in [2.24, 2.45) is 0 Å². The molecule has 0 aromatic carbocycles. The maximum absolute atomic E-state index is 12.2. The lowest BCUT2D eigenvalue weighted by Crippen LogP contribution is -1.96. The van der Waals surface area contributed by atoms with Crippen LogP contribution in [0.1, 0.15) is 22.5 Å². The van der Waals surface area contributed by atoms with Gasteiger partial charge in [-0.15, -0.1) is 0 Å². The van der Waals surface area contributed by atoms with Gasteiger partial charge in [0, 0.05) is 0 Å². The molecule has 0 saturated heterocycles. The molecule has 70 valence electrons. The van der Waals surface area contributed by atoms with Crippen molar-refractivity contribution >= 4 is 28.9 Å². The Labute approximate surface area is 85.9 Å². The summed E-state index contributed by atoms with van der Waals surface area (Å²) in [5.41, 5.74) is -0.927. The Kier molecular flexibility index (Phi) is 3.12. The van der Waals surface area contributed by atoms with E-state index in [2.05, 4.69) is 4.98 Å². The van der Waals surface area contributed by atoms with Crippen molar-refractivity contribution in [2.75, 3.05) is 0 Å². The predicted molar refractivity (Wildman–Crippen MR) is 49.0 cm³/mol. The fourth-order valence-electron chi connectivity index (χ4n) is 0.793. The maximum Gasteiger partial charge on any atom is 0.267 e. The van der Waals surface area contributed by atoms with E-state index in [4.69, 9.17) is 5.11 Å². The van der Waals surface area contributed by atoms with Crippen LogP contribution in [0.5, 0.6) is 5.75 Å². The first-order valence-corrected chi connectivity index (χ1v) is 4.27. The van der Waals surface area contributed by atoms with Crippen molar-refractivity contribution in [3.05, 3.63) is 21.0 Å². The first-order chi connectivity index (χ1) is 6.06. The monoisotopic (exact) mass is 299 g/mol. The number of hydrogen-bond acceptors (Lipinski definition) is 3. The number of aromatic hydroxyl groups is 1. The molecule has 0 atom stereocenters. The molecule has 1 aromatic heterocycles. The molecule has 1 heterocycles. The van der Waals surface area contributed by atoms with Gasteiger partial charge in [0.2, 0.25) is 0 Å². The molecule has 0 spiro atoms. The van der Waals surface area contributed by atoms with E-state index < -0.39 is 17.7 Å². The van der Waals surface area contributed by atoms with Crippen LogP contribution in [0.2, 0.25) is 0 Å². The summed E-state index contributed by atoms with van der Waals surface area (Å²) in [6, 6.07) is 1.04. The molecule has 0 unspecified atom stereocenters. The molecule has 0 aliphatic rings. The van der Waals surface area contributed by atoms with Crippen LogP contribution < -0.4 is 0 Å². The van der Waals surface area contributed by atoms with Crippen LogP contribution in [0.4, 0.5) is 8.78 Å². The van der Waals surface area contributed by atoms with Crippen molar-refractivity contribution in [2.45, 2.75) is 6.43 Å². The first-order valence-electron chi connectivity index (χ1n) is 3.19. The van der Waals surface area contributed by atoms with Crippen molar-refractivity contribution in [3.63, 3.8) is 0 Å². The van der Waals surface area contributed by atoms with Gasteiger partial charge in [-0.2, -0.15) is 0 Å². The minimum Gasteiger partial charge on any atom is -0.505 e. The van der Waals surface area contributed by atoms with Gasteiger partial charge in [0.05, 0.1) is 5.56 Å². The van der Waals surface area contributed by atoms with E-state index in [1.807, 2.05) is 0 Å². The Hall–Kier alpha value is -0.790. The molecule has 13 heavy (non-hydrogen) atoms. The molecular formula is C7H4F2INO2. The number of nitrogens with zero attached hydrogens (tertiary/aromatic N) is 1. The third kappa shape index (κ3) is 2.11. The molecule has 0 amide bonds. The number of pyridine rings is 1. The number of aldehydes is 1. The standard InChI is InChI=1S/C7H4F2INO2/c8-7(9)3-1-5(10)11-4(2-12)6(3)13/h1-2,7,13H. The third-order valence-corrected chi connectivity index (χ3v) is 1.92. The summed E-state index contributed by atoms with van der Waals surface area (Å²) in [5, 5.41) is 9.11. The lowest BCUT2D eigenvalue weighted by atomic mass is 10.2. The van der Waals surface area contributed by atoms with Gasteiger partial charge in [0.25, 0.3) is 6.43 Å². The van der Waals surface area contributed by atoms with Crippen LogP contribution >= 0.6 is 22.6 Å². The smallest absolute Gasteiger partial charge is 0.267 e. The van der Waals surface area contributed by atoms with Gasteiger partial charge < -0.3 is 5.11 Å². The SMILES string of the molecule is O=Cc1nc(I)cc(C(F)F)c1O. The summed E-state index contributed by atoms with van der Waals surface area (Å²) >= 11 is 1.69. The van der Waals surface area contributed by atoms with Crippen molar-refractivity contribution in [1.82, 2.24) is 4.98 Å². The van der Waals surface area contributed by atoms with Crippen LogP contribution in [0.3, 0.4) is 0 Å². The van der Waals surface area contributed by atoms with E-state index in [0.717, 1.165) is 6.07 Å². The number of hydrogen-bond donors (Lipinski definition) is 1. The zero-order chi connectivity index (χ0) is 10.0. The molecule has 3 nitrogen and oxygen atoms in total. The largest absolute Gasteiger partial charge is 0.505 e. The van der Waals surface area contributed by atoms with Crippen LogP contribution in [0.25, 0.3) is 0 Å². The Morgan fingerprint density at radius 3 is 2.69 bits per heavy atom. The van der Waals surface area contributed by atoms with E-state index >= 15 is 0 Å². The lowest BCUT2D eigenvalue weighted by Gasteiger charge is -2.04. The van der Waals surface area contributed by atoms with Gasteiger partial charge in [-0.05, 0) is 28.7 Å². The molecule has 0 aliphatic heterocycles. The van der Waals surface area contributed by atoms with E-state index in [1.165, 1.54) is 0 Å². The summed E-state index contributed by atoms with van der Waals surface area (Å²) in [7, 11) is 0. The number of carbonyl (C=O) groups excluding carboxylic acids is 1. The van der Waals surface area contributed by atoms with Crippen LogP contribution in [-0.2, 0) is 0 Å². The second-order valence-electron chi connectivity index (χ2n) is 2.19. The van der Waals surface area contributed by atoms with Gasteiger partial charge in [-0.25, -0.2) is 13.8 Å². The highest BCUT2D eigenvalue weighted by Gasteiger charge is 2.17. The zero-order valence-corrected chi connectivity index (χ0v) is 8.33.